The Labute approximate surface area is 181 Å². The molecule has 0 aromatic carbocycles. The van der Waals surface area contributed by atoms with Crippen LogP contribution in [0.3, 0.4) is 0 Å². The van der Waals surface area contributed by atoms with E-state index in [4.69, 9.17) is 14.7 Å². The average Bonchev–Trinajstić information content (AvgIpc) is 3.38. The largest absolute Gasteiger partial charge is 0.378 e. The molecule has 0 atom stereocenters. The van der Waals surface area contributed by atoms with Crippen molar-refractivity contribution in [1.82, 2.24) is 15.2 Å². The first-order chi connectivity index (χ1) is 14.0. The molecule has 2 fully saturated rings. The van der Waals surface area contributed by atoms with Gasteiger partial charge in [-0.25, -0.2) is 4.98 Å². The zero-order chi connectivity index (χ0) is 20.7. The number of aliphatic imine (C=N–C) groups is 1. The lowest BCUT2D eigenvalue weighted by molar-refractivity contribution is 0.00102. The van der Waals surface area contributed by atoms with Gasteiger partial charge in [0.25, 0.3) is 0 Å². The number of nitrogens with zero attached hydrogens (tertiary/aromatic N) is 3. The Hall–Kier alpha value is -1.14. The van der Waals surface area contributed by atoms with Gasteiger partial charge in [-0.3, -0.25) is 4.99 Å². The molecule has 5 nitrogen and oxygen atoms in total. The molecule has 3 rings (SSSR count). The predicted octanol–water partition coefficient (Wildman–Crippen LogP) is 4.62. The SMILES string of the molecule is CCNC(=NCCc1nc(C(C)(C)C)cs1)N1CCC(OCC2CCCC2)CC1. The van der Waals surface area contributed by atoms with Crippen LogP contribution in [0.15, 0.2) is 10.4 Å². The predicted molar refractivity (Wildman–Crippen MR) is 123 cm³/mol. The highest BCUT2D eigenvalue weighted by molar-refractivity contribution is 7.09. The third-order valence-corrected chi connectivity index (χ3v) is 6.93. The number of piperidine rings is 1. The van der Waals surface area contributed by atoms with Crippen LogP contribution in [0.4, 0.5) is 0 Å². The van der Waals surface area contributed by atoms with Gasteiger partial charge >= 0.3 is 0 Å². The number of rotatable bonds is 7. The summed E-state index contributed by atoms with van der Waals surface area (Å²) < 4.78 is 6.23. The first-order valence-electron chi connectivity index (χ1n) is 11.6. The van der Waals surface area contributed by atoms with Crippen molar-refractivity contribution in [2.24, 2.45) is 10.9 Å². The van der Waals surface area contributed by atoms with E-state index in [9.17, 15) is 0 Å². The van der Waals surface area contributed by atoms with Crippen LogP contribution in [0.2, 0.25) is 0 Å². The molecule has 0 unspecified atom stereocenters. The van der Waals surface area contributed by atoms with Crippen LogP contribution in [0.5, 0.6) is 0 Å². The molecule has 6 heteroatoms. The number of guanidine groups is 1. The van der Waals surface area contributed by atoms with E-state index >= 15 is 0 Å². The molecule has 164 valence electrons. The molecule has 0 bridgehead atoms. The fraction of sp³-hybridized carbons (Fsp3) is 0.826. The van der Waals surface area contributed by atoms with Gasteiger partial charge in [-0.15, -0.1) is 11.3 Å². The molecule has 1 aliphatic heterocycles. The normalized spacial score (nSPS) is 19.9. The molecule has 0 spiro atoms. The molecule has 1 aromatic rings. The second-order valence-electron chi connectivity index (χ2n) is 9.53. The Balaban J connectivity index is 1.44. The minimum absolute atomic E-state index is 0.122. The van der Waals surface area contributed by atoms with Crippen LogP contribution in [0.1, 0.15) is 76.9 Å². The Bertz CT molecular complexity index is 638. The molecule has 1 saturated heterocycles. The molecule has 1 N–H and O–H groups in total. The summed E-state index contributed by atoms with van der Waals surface area (Å²) in [6, 6.07) is 0. The second kappa shape index (κ2) is 10.8. The number of ether oxygens (including phenoxy) is 1. The summed E-state index contributed by atoms with van der Waals surface area (Å²) >= 11 is 1.76. The molecule has 2 heterocycles. The molecular weight excluding hydrogens is 380 g/mol. The minimum atomic E-state index is 0.122. The van der Waals surface area contributed by atoms with E-state index in [0.717, 1.165) is 63.9 Å². The van der Waals surface area contributed by atoms with Crippen LogP contribution < -0.4 is 5.32 Å². The molecular formula is C23H40N4OS. The van der Waals surface area contributed by atoms with Crippen molar-refractivity contribution in [3.05, 3.63) is 16.1 Å². The van der Waals surface area contributed by atoms with Gasteiger partial charge in [0, 0.05) is 50.0 Å². The average molecular weight is 421 g/mol. The fourth-order valence-corrected chi connectivity index (χ4v) is 5.15. The van der Waals surface area contributed by atoms with Gasteiger partial charge in [0.1, 0.15) is 0 Å². The molecule has 1 aromatic heterocycles. The van der Waals surface area contributed by atoms with Crippen molar-refractivity contribution in [3.8, 4) is 0 Å². The molecule has 0 amide bonds. The highest BCUT2D eigenvalue weighted by atomic mass is 32.1. The van der Waals surface area contributed by atoms with Gasteiger partial charge in [0.2, 0.25) is 0 Å². The Morgan fingerprint density at radius 1 is 1.24 bits per heavy atom. The number of likely N-dealkylation sites (tertiary alicyclic amines) is 1. The maximum absolute atomic E-state index is 6.23. The van der Waals surface area contributed by atoms with Crippen molar-refractivity contribution >= 4 is 17.3 Å². The van der Waals surface area contributed by atoms with E-state index in [2.05, 4.69) is 43.3 Å². The lowest BCUT2D eigenvalue weighted by Crippen LogP contribution is -2.47. The highest BCUT2D eigenvalue weighted by Crippen LogP contribution is 2.26. The van der Waals surface area contributed by atoms with E-state index in [1.165, 1.54) is 36.4 Å². The molecule has 1 aliphatic carbocycles. The van der Waals surface area contributed by atoms with Crippen molar-refractivity contribution in [1.29, 1.82) is 0 Å². The fourth-order valence-electron chi connectivity index (χ4n) is 4.14. The summed E-state index contributed by atoms with van der Waals surface area (Å²) in [6.07, 6.45) is 9.09. The topological polar surface area (TPSA) is 49.8 Å². The Kier molecular flexibility index (Phi) is 8.36. The van der Waals surface area contributed by atoms with Crippen LogP contribution in [-0.2, 0) is 16.6 Å². The van der Waals surface area contributed by atoms with E-state index in [1.54, 1.807) is 11.3 Å². The second-order valence-corrected chi connectivity index (χ2v) is 10.5. The monoisotopic (exact) mass is 420 g/mol. The number of hydrogen-bond acceptors (Lipinski definition) is 4. The summed E-state index contributed by atoms with van der Waals surface area (Å²) in [5.74, 6) is 1.87. The van der Waals surface area contributed by atoms with Crippen LogP contribution in [-0.4, -0.2) is 54.7 Å². The lowest BCUT2D eigenvalue weighted by atomic mass is 9.93. The zero-order valence-electron chi connectivity index (χ0n) is 18.9. The molecule has 29 heavy (non-hydrogen) atoms. The van der Waals surface area contributed by atoms with Crippen molar-refractivity contribution in [2.75, 3.05) is 32.8 Å². The zero-order valence-corrected chi connectivity index (χ0v) is 19.7. The lowest BCUT2D eigenvalue weighted by Gasteiger charge is -2.34. The maximum Gasteiger partial charge on any atom is 0.193 e. The smallest absolute Gasteiger partial charge is 0.193 e. The van der Waals surface area contributed by atoms with Crippen LogP contribution >= 0.6 is 11.3 Å². The minimum Gasteiger partial charge on any atom is -0.378 e. The molecule has 2 aliphatic rings. The van der Waals surface area contributed by atoms with E-state index < -0.39 is 0 Å². The van der Waals surface area contributed by atoms with Gasteiger partial charge in [0.15, 0.2) is 5.96 Å². The van der Waals surface area contributed by atoms with Gasteiger partial charge in [-0.2, -0.15) is 0 Å². The molecule has 0 radical (unpaired) electrons. The van der Waals surface area contributed by atoms with E-state index in [1.807, 2.05) is 0 Å². The highest BCUT2D eigenvalue weighted by Gasteiger charge is 2.24. The van der Waals surface area contributed by atoms with Crippen molar-refractivity contribution in [2.45, 2.75) is 84.2 Å². The number of aromatic nitrogens is 1. The Morgan fingerprint density at radius 3 is 2.59 bits per heavy atom. The standard InChI is InChI=1S/C23H40N4OS/c1-5-24-22(25-13-10-21-26-20(17-29-21)23(2,3)4)27-14-11-19(12-15-27)28-16-18-8-6-7-9-18/h17-19H,5-16H2,1-4H3,(H,24,25). The van der Waals surface area contributed by atoms with Gasteiger partial charge in [-0.05, 0) is 38.5 Å². The third kappa shape index (κ3) is 6.95. The number of hydrogen-bond donors (Lipinski definition) is 1. The van der Waals surface area contributed by atoms with Crippen molar-refractivity contribution in [3.63, 3.8) is 0 Å². The van der Waals surface area contributed by atoms with Crippen molar-refractivity contribution < 1.29 is 4.74 Å². The summed E-state index contributed by atoms with van der Waals surface area (Å²) in [5, 5.41) is 6.86. The summed E-state index contributed by atoms with van der Waals surface area (Å²) in [4.78, 5) is 12.1. The van der Waals surface area contributed by atoms with Gasteiger partial charge < -0.3 is 15.0 Å². The summed E-state index contributed by atoms with van der Waals surface area (Å²) in [7, 11) is 0. The molecule has 1 saturated carbocycles. The van der Waals surface area contributed by atoms with Crippen LogP contribution in [0.25, 0.3) is 0 Å². The summed E-state index contributed by atoms with van der Waals surface area (Å²) in [6.45, 7) is 13.5. The van der Waals surface area contributed by atoms with E-state index in [0.29, 0.717) is 6.10 Å². The van der Waals surface area contributed by atoms with E-state index in [-0.39, 0.29) is 5.41 Å². The van der Waals surface area contributed by atoms with Gasteiger partial charge in [-0.1, -0.05) is 33.6 Å². The Morgan fingerprint density at radius 2 is 1.97 bits per heavy atom. The maximum atomic E-state index is 6.23. The quantitative estimate of drug-likeness (QED) is 0.516. The number of nitrogens with one attached hydrogen (secondary N) is 1. The number of thiazole rings is 1. The third-order valence-electron chi connectivity index (χ3n) is 6.03. The van der Waals surface area contributed by atoms with Gasteiger partial charge in [0.05, 0.1) is 16.8 Å². The van der Waals surface area contributed by atoms with Crippen LogP contribution in [0, 0.1) is 5.92 Å². The first-order valence-corrected chi connectivity index (χ1v) is 12.4. The first kappa shape index (κ1) is 22.5. The summed E-state index contributed by atoms with van der Waals surface area (Å²) in [5.41, 5.74) is 1.31.